The molecule has 0 saturated heterocycles. The number of benzene rings is 1. The van der Waals surface area contributed by atoms with E-state index in [1.807, 2.05) is 31.2 Å². The minimum atomic E-state index is -0.268. The van der Waals surface area contributed by atoms with Gasteiger partial charge in [0, 0.05) is 25.0 Å². The Morgan fingerprint density at radius 3 is 2.80 bits per heavy atom. The summed E-state index contributed by atoms with van der Waals surface area (Å²) in [6, 6.07) is 12.2. The lowest BCUT2D eigenvalue weighted by molar-refractivity contribution is 0.0941. The first kappa shape index (κ1) is 17.0. The van der Waals surface area contributed by atoms with Crippen LogP contribution in [0.1, 0.15) is 28.3 Å². The molecule has 2 aromatic heterocycles. The molecule has 7 nitrogen and oxygen atoms in total. The van der Waals surface area contributed by atoms with E-state index >= 15 is 0 Å². The molecule has 1 amide bonds. The summed E-state index contributed by atoms with van der Waals surface area (Å²) < 4.78 is 1.57. The molecule has 3 aromatic rings. The van der Waals surface area contributed by atoms with Crippen molar-refractivity contribution in [2.75, 3.05) is 20.1 Å². The van der Waals surface area contributed by atoms with E-state index in [0.717, 1.165) is 25.2 Å². The lowest BCUT2D eigenvalue weighted by Gasteiger charge is -2.16. The molecule has 2 heterocycles. The summed E-state index contributed by atoms with van der Waals surface area (Å²) in [5.74, 6) is 0.322. The van der Waals surface area contributed by atoms with E-state index in [0.29, 0.717) is 12.3 Å². The first-order valence-electron chi connectivity index (χ1n) is 8.32. The fourth-order valence-corrected chi connectivity index (χ4v) is 2.61. The summed E-state index contributed by atoms with van der Waals surface area (Å²) >= 11 is 0. The molecule has 0 fully saturated rings. The smallest absolute Gasteiger partial charge is 0.291 e. The van der Waals surface area contributed by atoms with Crippen LogP contribution in [-0.2, 0) is 6.54 Å². The molecule has 0 unspecified atom stereocenters. The molecular weight excluding hydrogens is 316 g/mol. The summed E-state index contributed by atoms with van der Waals surface area (Å²) in [4.78, 5) is 22.7. The third-order valence-corrected chi connectivity index (χ3v) is 3.93. The lowest BCUT2D eigenvalue weighted by atomic mass is 10.2. The van der Waals surface area contributed by atoms with E-state index < -0.39 is 0 Å². The topological polar surface area (TPSA) is 75.4 Å². The van der Waals surface area contributed by atoms with Gasteiger partial charge in [0.25, 0.3) is 11.7 Å². The normalized spacial score (nSPS) is 11.2. The molecule has 1 N–H and O–H groups in total. The quantitative estimate of drug-likeness (QED) is 0.664. The number of nitrogens with one attached hydrogen (secondary N) is 1. The van der Waals surface area contributed by atoms with E-state index in [1.165, 1.54) is 5.56 Å². The van der Waals surface area contributed by atoms with Crippen molar-refractivity contribution in [3.8, 4) is 0 Å². The minimum absolute atomic E-state index is 0.152. The zero-order valence-electron chi connectivity index (χ0n) is 14.5. The van der Waals surface area contributed by atoms with E-state index in [2.05, 4.69) is 44.5 Å². The van der Waals surface area contributed by atoms with E-state index in [-0.39, 0.29) is 11.7 Å². The molecule has 0 aliphatic carbocycles. The van der Waals surface area contributed by atoms with E-state index in [9.17, 15) is 4.79 Å². The number of nitrogens with zero attached hydrogens (tertiary/aromatic N) is 5. The van der Waals surface area contributed by atoms with E-state index in [4.69, 9.17) is 0 Å². The molecule has 0 radical (unpaired) electrons. The highest BCUT2D eigenvalue weighted by Gasteiger charge is 2.13. The molecule has 7 heteroatoms. The Morgan fingerprint density at radius 2 is 2.04 bits per heavy atom. The van der Waals surface area contributed by atoms with Crippen LogP contribution in [0.4, 0.5) is 0 Å². The second-order valence-corrected chi connectivity index (χ2v) is 6.07. The number of hydrogen-bond acceptors (Lipinski definition) is 5. The predicted octanol–water partition coefficient (Wildman–Crippen LogP) is 1.68. The van der Waals surface area contributed by atoms with E-state index in [1.54, 1.807) is 10.7 Å². The van der Waals surface area contributed by atoms with Crippen molar-refractivity contribution in [2.45, 2.75) is 19.9 Å². The van der Waals surface area contributed by atoms with Crippen LogP contribution < -0.4 is 5.32 Å². The molecule has 3 rings (SSSR count). The third kappa shape index (κ3) is 4.39. The number of rotatable bonds is 7. The van der Waals surface area contributed by atoms with Gasteiger partial charge in [-0.15, -0.1) is 5.10 Å². The zero-order valence-corrected chi connectivity index (χ0v) is 14.5. The van der Waals surface area contributed by atoms with Crippen molar-refractivity contribution >= 4 is 11.7 Å². The van der Waals surface area contributed by atoms with Crippen LogP contribution in [0.5, 0.6) is 0 Å². The maximum absolute atomic E-state index is 12.2. The van der Waals surface area contributed by atoms with Gasteiger partial charge in [0.05, 0.1) is 0 Å². The SMILES string of the molecule is Cc1ccnc2nc(C(=O)NCCCN(C)Cc3ccccc3)nn12. The average molecular weight is 338 g/mol. The first-order valence-corrected chi connectivity index (χ1v) is 8.32. The van der Waals surface area contributed by atoms with Crippen molar-refractivity contribution in [3.63, 3.8) is 0 Å². The Balaban J connectivity index is 1.45. The van der Waals surface area contributed by atoms with Gasteiger partial charge < -0.3 is 10.2 Å². The number of carbonyl (C=O) groups excluding carboxylic acids is 1. The average Bonchev–Trinajstić information content (AvgIpc) is 3.05. The lowest BCUT2D eigenvalue weighted by Crippen LogP contribution is -2.28. The zero-order chi connectivity index (χ0) is 17.6. The van der Waals surface area contributed by atoms with Gasteiger partial charge in [0.1, 0.15) is 0 Å². The second kappa shape index (κ2) is 7.85. The van der Waals surface area contributed by atoms with Crippen LogP contribution in [0, 0.1) is 6.92 Å². The van der Waals surface area contributed by atoms with Crippen LogP contribution in [0.25, 0.3) is 5.78 Å². The Bertz CT molecular complexity index is 845. The number of hydrogen-bond donors (Lipinski definition) is 1. The van der Waals surface area contributed by atoms with Gasteiger partial charge in [-0.05, 0) is 38.6 Å². The van der Waals surface area contributed by atoms with Gasteiger partial charge in [0.15, 0.2) is 0 Å². The fraction of sp³-hybridized carbons (Fsp3) is 0.333. The molecule has 0 aliphatic heterocycles. The van der Waals surface area contributed by atoms with Crippen LogP contribution in [0.2, 0.25) is 0 Å². The maximum atomic E-state index is 12.2. The Hall–Kier alpha value is -2.80. The fourth-order valence-electron chi connectivity index (χ4n) is 2.61. The minimum Gasteiger partial charge on any atom is -0.349 e. The molecule has 0 atom stereocenters. The Kier molecular flexibility index (Phi) is 5.35. The van der Waals surface area contributed by atoms with Crippen molar-refractivity contribution < 1.29 is 4.79 Å². The van der Waals surface area contributed by atoms with Crippen molar-refractivity contribution in [1.82, 2.24) is 29.8 Å². The highest BCUT2D eigenvalue weighted by atomic mass is 16.2. The molecule has 0 aliphatic rings. The molecule has 25 heavy (non-hydrogen) atoms. The van der Waals surface area contributed by atoms with Gasteiger partial charge in [-0.25, -0.2) is 9.50 Å². The van der Waals surface area contributed by atoms with Crippen molar-refractivity contribution in [1.29, 1.82) is 0 Å². The summed E-state index contributed by atoms with van der Waals surface area (Å²) in [5, 5.41) is 7.07. The van der Waals surface area contributed by atoms with Crippen molar-refractivity contribution in [3.05, 3.63) is 59.7 Å². The maximum Gasteiger partial charge on any atom is 0.291 e. The Labute approximate surface area is 146 Å². The molecule has 0 saturated carbocycles. The van der Waals surface area contributed by atoms with Crippen LogP contribution in [0.3, 0.4) is 0 Å². The number of aromatic nitrogens is 4. The second-order valence-electron chi connectivity index (χ2n) is 6.07. The number of carbonyl (C=O) groups is 1. The molecular formula is C18H22N6O. The van der Waals surface area contributed by atoms with Gasteiger partial charge in [-0.3, -0.25) is 4.79 Å². The largest absolute Gasteiger partial charge is 0.349 e. The third-order valence-electron chi connectivity index (χ3n) is 3.93. The van der Waals surface area contributed by atoms with Gasteiger partial charge in [0.2, 0.25) is 5.82 Å². The molecule has 0 spiro atoms. The van der Waals surface area contributed by atoms with Crippen molar-refractivity contribution in [2.24, 2.45) is 0 Å². The number of amides is 1. The highest BCUT2D eigenvalue weighted by molar-refractivity contribution is 5.90. The molecule has 0 bridgehead atoms. The van der Waals surface area contributed by atoms with Gasteiger partial charge in [-0.1, -0.05) is 30.3 Å². The monoisotopic (exact) mass is 338 g/mol. The predicted molar refractivity (Wildman–Crippen MR) is 95.2 cm³/mol. The summed E-state index contributed by atoms with van der Waals surface area (Å²) in [5.41, 5.74) is 2.17. The molecule has 130 valence electrons. The summed E-state index contributed by atoms with van der Waals surface area (Å²) in [6.07, 6.45) is 2.52. The highest BCUT2D eigenvalue weighted by Crippen LogP contribution is 2.03. The Morgan fingerprint density at radius 1 is 1.24 bits per heavy atom. The van der Waals surface area contributed by atoms with Crippen LogP contribution in [0.15, 0.2) is 42.6 Å². The summed E-state index contributed by atoms with van der Waals surface area (Å²) in [7, 11) is 2.08. The van der Waals surface area contributed by atoms with Gasteiger partial charge >= 0.3 is 0 Å². The number of aryl methyl sites for hydroxylation is 1. The number of fused-ring (bicyclic) bond motifs is 1. The summed E-state index contributed by atoms with van der Waals surface area (Å²) in [6.45, 7) is 4.27. The molecule has 1 aromatic carbocycles. The van der Waals surface area contributed by atoms with Crippen LogP contribution >= 0.6 is 0 Å². The standard InChI is InChI=1S/C18H22N6O/c1-14-9-11-20-18-21-16(22-24(14)18)17(25)19-10-6-12-23(2)13-15-7-4-3-5-8-15/h3-5,7-9,11H,6,10,12-13H2,1-2H3,(H,19,25). The van der Waals surface area contributed by atoms with Crippen LogP contribution in [-0.4, -0.2) is 50.5 Å². The van der Waals surface area contributed by atoms with Gasteiger partial charge in [-0.2, -0.15) is 4.98 Å². The first-order chi connectivity index (χ1) is 12.1.